The molecule has 6 N–H and O–H groups in total. The summed E-state index contributed by atoms with van der Waals surface area (Å²) in [6, 6.07) is 0.225. The van der Waals surface area contributed by atoms with Crippen molar-refractivity contribution in [2.45, 2.75) is 70.5 Å². The van der Waals surface area contributed by atoms with Gasteiger partial charge in [-0.1, -0.05) is 25.8 Å². The molecule has 1 aliphatic rings. The van der Waals surface area contributed by atoms with Crippen LogP contribution < -0.4 is 5.32 Å². The van der Waals surface area contributed by atoms with Crippen LogP contribution in [0.5, 0.6) is 0 Å². The Labute approximate surface area is 207 Å². The normalized spacial score (nSPS) is 19.8. The van der Waals surface area contributed by atoms with Crippen molar-refractivity contribution in [3.8, 4) is 0 Å². The lowest BCUT2D eigenvalue weighted by molar-refractivity contribution is -0.0352. The lowest BCUT2D eigenvalue weighted by Gasteiger charge is -2.25. The van der Waals surface area contributed by atoms with Gasteiger partial charge in [-0.25, -0.2) is 19.3 Å². The van der Waals surface area contributed by atoms with Crippen molar-refractivity contribution in [1.29, 1.82) is 0 Å². The van der Waals surface area contributed by atoms with E-state index < -0.39 is 46.2 Å². The van der Waals surface area contributed by atoms with Crippen molar-refractivity contribution in [3.63, 3.8) is 0 Å². The summed E-state index contributed by atoms with van der Waals surface area (Å²) in [6.07, 6.45) is 0.735. The fraction of sp³-hybridized carbons (Fsp3) is 0.650. The number of aliphatic hydroxyl groups excluding tert-OH is 2. The summed E-state index contributed by atoms with van der Waals surface area (Å²) in [5.41, 5.74) is 0.312. The van der Waals surface area contributed by atoms with Crippen molar-refractivity contribution < 1.29 is 42.9 Å². The maximum Gasteiger partial charge on any atom is 0.340 e. The van der Waals surface area contributed by atoms with E-state index in [4.69, 9.17) is 14.3 Å². The largest absolute Gasteiger partial charge is 0.385 e. The van der Waals surface area contributed by atoms with E-state index in [2.05, 4.69) is 20.3 Å². The Morgan fingerprint density at radius 2 is 1.94 bits per heavy atom. The number of nitrogens with zero attached hydrogens (tertiary/aromatic N) is 4. The summed E-state index contributed by atoms with van der Waals surface area (Å²) in [7, 11) is -9.59. The molecule has 2 heterocycles. The Bertz CT molecular complexity index is 1180. The minimum absolute atomic E-state index is 0.157. The van der Waals surface area contributed by atoms with Crippen LogP contribution in [0.4, 0.5) is 10.2 Å². The van der Waals surface area contributed by atoms with Crippen LogP contribution in [0.1, 0.15) is 51.1 Å². The van der Waals surface area contributed by atoms with E-state index in [-0.39, 0.29) is 23.7 Å². The quantitative estimate of drug-likeness (QED) is 0.166. The number of aryl methyl sites for hydroxylation is 1. The molecule has 36 heavy (non-hydrogen) atoms. The third-order valence-electron chi connectivity index (χ3n) is 5.74. The van der Waals surface area contributed by atoms with Crippen LogP contribution in [0, 0.1) is 6.92 Å². The number of hydrogen-bond donors (Lipinski definition) is 6. The number of allylic oxidation sites excluding steroid dienone is 1. The van der Waals surface area contributed by atoms with E-state index in [0.717, 1.165) is 30.3 Å². The van der Waals surface area contributed by atoms with Crippen molar-refractivity contribution in [3.05, 3.63) is 23.8 Å². The number of rotatable bonds is 12. The molecule has 2 aromatic rings. The molecule has 1 aliphatic carbocycles. The first kappa shape index (κ1) is 28.8. The van der Waals surface area contributed by atoms with Crippen molar-refractivity contribution in [2.24, 2.45) is 0 Å². The summed E-state index contributed by atoms with van der Waals surface area (Å²) in [5, 5.41) is 24.7. The van der Waals surface area contributed by atoms with Gasteiger partial charge in [0.05, 0.1) is 12.9 Å². The fourth-order valence-corrected chi connectivity index (χ4v) is 6.62. The average molecular weight is 551 g/mol. The molecule has 0 spiro atoms. The first-order valence-electron chi connectivity index (χ1n) is 11.5. The van der Waals surface area contributed by atoms with Crippen LogP contribution in [0.3, 0.4) is 0 Å². The molecule has 0 saturated heterocycles. The highest BCUT2D eigenvalue weighted by atomic mass is 31.2. The SMILES string of the molecule is CC/C=C(/COP(=O)(O)CP(=O)(O)O)[C@@H](O)[C@H](F)[C@@H](O)n1cnc2c(NC3CCCC3)nc(C)nc21. The topological polar surface area (TPSA) is 200 Å². The molecule has 202 valence electrons. The summed E-state index contributed by atoms with van der Waals surface area (Å²) < 4.78 is 44.1. The molecule has 0 radical (unpaired) electrons. The predicted octanol–water partition coefficient (Wildman–Crippen LogP) is 2.35. The molecule has 16 heteroatoms. The molecule has 1 unspecified atom stereocenters. The van der Waals surface area contributed by atoms with Crippen molar-refractivity contribution in [2.75, 3.05) is 17.8 Å². The second-order valence-electron chi connectivity index (χ2n) is 8.78. The van der Waals surface area contributed by atoms with Crippen molar-refractivity contribution >= 4 is 32.2 Å². The monoisotopic (exact) mass is 551 g/mol. The number of aliphatic hydroxyl groups is 2. The van der Waals surface area contributed by atoms with Crippen LogP contribution in [-0.4, -0.2) is 75.2 Å². The Morgan fingerprint density at radius 3 is 2.56 bits per heavy atom. The smallest absolute Gasteiger partial charge is 0.340 e. The highest BCUT2D eigenvalue weighted by Gasteiger charge is 2.35. The minimum Gasteiger partial charge on any atom is -0.385 e. The Hall–Kier alpha value is -1.76. The summed E-state index contributed by atoms with van der Waals surface area (Å²) in [4.78, 5) is 40.4. The van der Waals surface area contributed by atoms with E-state index in [1.54, 1.807) is 13.8 Å². The van der Waals surface area contributed by atoms with E-state index in [1.165, 1.54) is 12.4 Å². The van der Waals surface area contributed by atoms with E-state index >= 15 is 4.39 Å². The number of aromatic nitrogens is 4. The van der Waals surface area contributed by atoms with Gasteiger partial charge in [0, 0.05) is 6.04 Å². The average Bonchev–Trinajstić information content (AvgIpc) is 3.43. The molecule has 13 nitrogen and oxygen atoms in total. The number of alkyl halides is 1. The van der Waals surface area contributed by atoms with Crippen LogP contribution >= 0.6 is 15.2 Å². The maximum atomic E-state index is 15.3. The van der Waals surface area contributed by atoms with Gasteiger partial charge in [-0.3, -0.25) is 13.7 Å². The fourth-order valence-electron chi connectivity index (χ4n) is 4.08. The Morgan fingerprint density at radius 1 is 1.28 bits per heavy atom. The third kappa shape index (κ3) is 7.39. The molecule has 0 aromatic carbocycles. The highest BCUT2D eigenvalue weighted by Crippen LogP contribution is 2.55. The molecule has 1 fully saturated rings. The number of imidazole rings is 1. The van der Waals surface area contributed by atoms with Gasteiger partial charge in [-0.2, -0.15) is 0 Å². The number of hydrogen-bond acceptors (Lipinski definition) is 9. The van der Waals surface area contributed by atoms with Gasteiger partial charge in [0.1, 0.15) is 11.9 Å². The first-order valence-corrected chi connectivity index (χ1v) is 15.0. The van der Waals surface area contributed by atoms with Crippen molar-refractivity contribution in [1.82, 2.24) is 19.5 Å². The molecule has 0 amide bonds. The Kier molecular flexibility index (Phi) is 9.40. The number of halogens is 1. The second-order valence-corrected chi connectivity index (χ2v) is 12.8. The van der Waals surface area contributed by atoms with E-state index in [0.29, 0.717) is 17.2 Å². The lowest BCUT2D eigenvalue weighted by Crippen LogP contribution is -2.34. The molecule has 0 aliphatic heterocycles. The molecule has 4 atom stereocenters. The standard InChI is InChI=1S/C20H32FN5O8P2/c1-3-6-13(9-34-36(32,33)11-35(29,30)31)17(27)15(21)20(28)26-10-22-16-18(23-12(2)24-19(16)26)25-14-7-4-5-8-14/h6,10,14-15,17,20,27-28H,3-5,7-9,11H2,1-2H3,(H,32,33)(H,23,24,25)(H2,29,30,31)/b13-6-/t15-,17+,20+/m0/s1. The van der Waals surface area contributed by atoms with Gasteiger partial charge in [0.25, 0.3) is 0 Å². The van der Waals surface area contributed by atoms with E-state index in [1.807, 2.05) is 0 Å². The summed E-state index contributed by atoms with van der Waals surface area (Å²) >= 11 is 0. The molecular weight excluding hydrogens is 519 g/mol. The Balaban J connectivity index is 1.79. The summed E-state index contributed by atoms with van der Waals surface area (Å²) in [5.74, 6) is -0.583. The van der Waals surface area contributed by atoms with E-state index in [9.17, 15) is 24.2 Å². The molecule has 3 rings (SSSR count). The lowest BCUT2D eigenvalue weighted by atomic mass is 10.0. The number of anilines is 1. The van der Waals surface area contributed by atoms with Gasteiger partial charge in [-0.15, -0.1) is 0 Å². The zero-order valence-electron chi connectivity index (χ0n) is 19.9. The maximum absolute atomic E-state index is 15.3. The van der Waals surface area contributed by atoms with Crippen LogP contribution in [0.15, 0.2) is 18.0 Å². The molecule has 1 saturated carbocycles. The number of nitrogens with one attached hydrogen (secondary N) is 1. The van der Waals surface area contributed by atoms with Crippen LogP contribution in [-0.2, 0) is 13.7 Å². The molecule has 0 bridgehead atoms. The zero-order valence-corrected chi connectivity index (χ0v) is 21.7. The van der Waals surface area contributed by atoms with Crippen LogP contribution in [0.2, 0.25) is 0 Å². The molecule has 2 aromatic heterocycles. The van der Waals surface area contributed by atoms with Crippen LogP contribution in [0.25, 0.3) is 11.2 Å². The predicted molar refractivity (Wildman–Crippen MR) is 129 cm³/mol. The van der Waals surface area contributed by atoms with Gasteiger partial charge in [0.2, 0.25) is 0 Å². The third-order valence-corrected chi connectivity index (χ3v) is 9.18. The first-order chi connectivity index (χ1) is 16.8. The van der Waals surface area contributed by atoms with Gasteiger partial charge >= 0.3 is 15.2 Å². The number of fused-ring (bicyclic) bond motifs is 1. The van der Waals surface area contributed by atoms with Gasteiger partial charge in [0.15, 0.2) is 35.3 Å². The minimum atomic E-state index is -4.86. The van der Waals surface area contributed by atoms with Gasteiger partial charge < -0.3 is 34.7 Å². The summed E-state index contributed by atoms with van der Waals surface area (Å²) in [6.45, 7) is 2.53. The zero-order chi connectivity index (χ0) is 26.7. The molecular formula is C20H32FN5O8P2. The second kappa shape index (κ2) is 11.7. The highest BCUT2D eigenvalue weighted by molar-refractivity contribution is 7.70. The van der Waals surface area contributed by atoms with Gasteiger partial charge in [-0.05, 0) is 31.8 Å².